The summed E-state index contributed by atoms with van der Waals surface area (Å²) in [5, 5.41) is 2.00. The van der Waals surface area contributed by atoms with Gasteiger partial charge in [-0.3, -0.25) is 4.79 Å². The highest BCUT2D eigenvalue weighted by Gasteiger charge is 2.64. The number of hydrogen-bond donors (Lipinski definition) is 1. The van der Waals surface area contributed by atoms with E-state index in [-0.39, 0.29) is 17.1 Å². The molecule has 6 heteroatoms. The molecule has 0 amide bonds. The van der Waals surface area contributed by atoms with Crippen LogP contribution in [0, 0.1) is 16.7 Å². The van der Waals surface area contributed by atoms with E-state index in [1.807, 2.05) is 33.3 Å². The summed E-state index contributed by atoms with van der Waals surface area (Å²) in [4.78, 5) is 11.8. The standard InChI is InChI=1S/C10H16O4S.C2H7N/c1-9(2)7-3-4-10(9,8(11)5-7)6-15(12,13)14;1-3-2/h7H,3-6H2,1-2H3,(H,12,13,14);3H,1-2H3. The molecular formula is C12H23NO4S. The Morgan fingerprint density at radius 1 is 1.39 bits per heavy atom. The van der Waals surface area contributed by atoms with Gasteiger partial charge in [-0.05, 0) is 24.2 Å². The minimum atomic E-state index is -4.33. The van der Waals surface area contributed by atoms with Crippen LogP contribution in [0.1, 0.15) is 33.1 Å². The Bertz CT molecular complexity index is 429. The monoisotopic (exact) mass is 277 g/mol. The average Bonchev–Trinajstić information content (AvgIpc) is 2.50. The smallest absolute Gasteiger partial charge is 0.140 e. The van der Waals surface area contributed by atoms with Crippen LogP contribution in [0.5, 0.6) is 0 Å². The van der Waals surface area contributed by atoms with E-state index in [9.17, 15) is 17.8 Å². The lowest BCUT2D eigenvalue weighted by molar-refractivity contribution is -0.597. The quantitative estimate of drug-likeness (QED) is 0.704. The van der Waals surface area contributed by atoms with E-state index in [0.29, 0.717) is 12.8 Å². The fourth-order valence-corrected chi connectivity index (χ4v) is 4.69. The van der Waals surface area contributed by atoms with Crippen LogP contribution in [0.15, 0.2) is 0 Å². The van der Waals surface area contributed by atoms with Gasteiger partial charge in [-0.1, -0.05) is 13.8 Å². The topological polar surface area (TPSA) is 90.9 Å². The van der Waals surface area contributed by atoms with Gasteiger partial charge in [-0.25, -0.2) is 8.42 Å². The van der Waals surface area contributed by atoms with Crippen molar-refractivity contribution in [2.75, 3.05) is 19.8 Å². The number of rotatable bonds is 2. The molecule has 2 atom stereocenters. The molecule has 2 rings (SSSR count). The number of carbonyl (C=O) groups is 1. The third-order valence-electron chi connectivity index (χ3n) is 4.56. The van der Waals surface area contributed by atoms with Gasteiger partial charge in [-0.15, -0.1) is 0 Å². The third-order valence-corrected chi connectivity index (χ3v) is 5.41. The number of ketones is 1. The zero-order valence-corrected chi connectivity index (χ0v) is 12.3. The van der Waals surface area contributed by atoms with E-state index >= 15 is 0 Å². The molecular weight excluding hydrogens is 254 g/mol. The van der Waals surface area contributed by atoms with Crippen molar-refractivity contribution < 1.29 is 23.1 Å². The zero-order valence-electron chi connectivity index (χ0n) is 11.5. The van der Waals surface area contributed by atoms with Crippen molar-refractivity contribution in [2.24, 2.45) is 16.7 Å². The number of Topliss-reactive ketones (excluding diaryl/α,β-unsaturated/α-hetero) is 1. The SMILES string of the molecule is CC1(C)C2CCC1(CS(=O)(=O)[O-])C(=O)C2.C[NH2+]C. The highest BCUT2D eigenvalue weighted by molar-refractivity contribution is 7.85. The van der Waals surface area contributed by atoms with E-state index in [2.05, 4.69) is 0 Å². The lowest BCUT2D eigenvalue weighted by Crippen LogP contribution is -2.74. The summed E-state index contributed by atoms with van der Waals surface area (Å²) in [5.41, 5.74) is -1.22. The Morgan fingerprint density at radius 3 is 2.17 bits per heavy atom. The molecule has 0 aromatic rings. The molecule has 0 radical (unpaired) electrons. The van der Waals surface area contributed by atoms with Crippen LogP contribution in [0.2, 0.25) is 0 Å². The molecule has 0 aromatic heterocycles. The largest absolute Gasteiger partial charge is 0.748 e. The Morgan fingerprint density at radius 2 is 1.89 bits per heavy atom. The molecule has 0 aromatic carbocycles. The van der Waals surface area contributed by atoms with Crippen LogP contribution in [0.25, 0.3) is 0 Å². The molecule has 2 bridgehead atoms. The fraction of sp³-hybridized carbons (Fsp3) is 0.917. The van der Waals surface area contributed by atoms with Crippen molar-refractivity contribution in [1.29, 1.82) is 0 Å². The Balaban J connectivity index is 0.000000492. The Labute approximate surface area is 109 Å². The molecule has 2 unspecified atom stereocenters. The van der Waals surface area contributed by atoms with Crippen molar-refractivity contribution in [3.8, 4) is 0 Å². The molecule has 2 N–H and O–H groups in total. The number of hydrogen-bond acceptors (Lipinski definition) is 4. The minimum absolute atomic E-state index is 0.0248. The zero-order chi connectivity index (χ0) is 14.2. The first kappa shape index (κ1) is 15.6. The number of carbonyl (C=O) groups excluding carboxylic acids is 1. The second-order valence-electron chi connectivity index (χ2n) is 5.95. The summed E-state index contributed by atoms with van der Waals surface area (Å²) in [6.45, 7) is 3.83. The van der Waals surface area contributed by atoms with Gasteiger partial charge in [0.05, 0.1) is 30.0 Å². The second kappa shape index (κ2) is 4.90. The molecule has 2 saturated carbocycles. The van der Waals surface area contributed by atoms with Gasteiger partial charge in [0.25, 0.3) is 0 Å². The van der Waals surface area contributed by atoms with Gasteiger partial charge in [0.2, 0.25) is 0 Å². The predicted molar refractivity (Wildman–Crippen MR) is 66.9 cm³/mol. The summed E-state index contributed by atoms with van der Waals surface area (Å²) in [6.07, 6.45) is 1.88. The van der Waals surface area contributed by atoms with Gasteiger partial charge in [0.1, 0.15) is 5.78 Å². The molecule has 0 heterocycles. The number of nitrogens with two attached hydrogens (primary N) is 1. The molecule has 0 saturated heterocycles. The molecule has 5 nitrogen and oxygen atoms in total. The first-order valence-corrected chi connectivity index (χ1v) is 7.89. The maximum absolute atomic E-state index is 11.8. The van der Waals surface area contributed by atoms with Gasteiger partial charge >= 0.3 is 0 Å². The predicted octanol–water partition coefficient (Wildman–Crippen LogP) is -0.264. The average molecular weight is 277 g/mol. The van der Waals surface area contributed by atoms with Gasteiger partial charge in [0, 0.05) is 11.8 Å². The minimum Gasteiger partial charge on any atom is -0.748 e. The Hall–Kier alpha value is -0.460. The van der Waals surface area contributed by atoms with Crippen molar-refractivity contribution in [1.82, 2.24) is 0 Å². The lowest BCUT2D eigenvalue weighted by atomic mass is 9.70. The molecule has 106 valence electrons. The molecule has 2 fully saturated rings. The summed E-state index contributed by atoms with van der Waals surface area (Å²) in [5.74, 6) is -0.280. The normalized spacial score (nSPS) is 33.2. The molecule has 2 aliphatic rings. The van der Waals surface area contributed by atoms with Crippen LogP contribution in [0.3, 0.4) is 0 Å². The Kier molecular flexibility index (Phi) is 4.25. The summed E-state index contributed by atoms with van der Waals surface area (Å²) in [7, 11) is -0.326. The molecule has 2 aliphatic carbocycles. The lowest BCUT2D eigenvalue weighted by Gasteiger charge is -2.37. The maximum atomic E-state index is 11.8. The van der Waals surface area contributed by atoms with Crippen molar-refractivity contribution in [2.45, 2.75) is 33.1 Å². The molecule has 18 heavy (non-hydrogen) atoms. The first-order chi connectivity index (χ1) is 8.10. The molecule has 0 aliphatic heterocycles. The summed E-state index contributed by atoms with van der Waals surface area (Å²) >= 11 is 0. The van der Waals surface area contributed by atoms with Crippen molar-refractivity contribution in [3.63, 3.8) is 0 Å². The van der Waals surface area contributed by atoms with Crippen LogP contribution in [-0.2, 0) is 14.9 Å². The molecule has 0 spiro atoms. The third kappa shape index (κ3) is 2.46. The van der Waals surface area contributed by atoms with Gasteiger partial charge in [-0.2, -0.15) is 0 Å². The van der Waals surface area contributed by atoms with Gasteiger partial charge in [0.15, 0.2) is 0 Å². The van der Waals surface area contributed by atoms with E-state index < -0.39 is 21.3 Å². The maximum Gasteiger partial charge on any atom is 0.140 e. The highest BCUT2D eigenvalue weighted by Crippen LogP contribution is 2.64. The first-order valence-electron chi connectivity index (χ1n) is 6.31. The van der Waals surface area contributed by atoms with Crippen LogP contribution in [0.4, 0.5) is 0 Å². The van der Waals surface area contributed by atoms with Crippen LogP contribution < -0.4 is 5.32 Å². The summed E-state index contributed by atoms with van der Waals surface area (Å²) in [6, 6.07) is 0. The van der Waals surface area contributed by atoms with E-state index in [1.54, 1.807) is 0 Å². The second-order valence-corrected chi connectivity index (χ2v) is 7.35. The van der Waals surface area contributed by atoms with Crippen molar-refractivity contribution >= 4 is 15.9 Å². The van der Waals surface area contributed by atoms with Crippen LogP contribution in [-0.4, -0.2) is 38.6 Å². The van der Waals surface area contributed by atoms with E-state index in [1.165, 1.54) is 0 Å². The summed E-state index contributed by atoms with van der Waals surface area (Å²) < 4.78 is 32.7. The van der Waals surface area contributed by atoms with E-state index in [4.69, 9.17) is 0 Å². The fourth-order valence-electron chi connectivity index (χ4n) is 3.41. The van der Waals surface area contributed by atoms with Crippen molar-refractivity contribution in [3.05, 3.63) is 0 Å². The number of quaternary nitrogens is 1. The van der Waals surface area contributed by atoms with E-state index in [0.717, 1.165) is 6.42 Å². The van der Waals surface area contributed by atoms with Crippen LogP contribution >= 0.6 is 0 Å². The van der Waals surface area contributed by atoms with Gasteiger partial charge < -0.3 is 9.87 Å². The number of fused-ring (bicyclic) bond motifs is 2. The highest BCUT2D eigenvalue weighted by atomic mass is 32.2.